The molecule has 0 radical (unpaired) electrons. The number of esters is 1. The Hall–Kier alpha value is -3.07. The molecule has 0 amide bonds. The molecule has 2 rings (SSSR count). The van der Waals surface area contributed by atoms with Gasteiger partial charge in [-0.2, -0.15) is 5.26 Å². The lowest BCUT2D eigenvalue weighted by atomic mass is 10.2. The summed E-state index contributed by atoms with van der Waals surface area (Å²) in [6.45, 7) is 0. The molecule has 5 nitrogen and oxygen atoms in total. The van der Waals surface area contributed by atoms with Crippen LogP contribution >= 0.6 is 0 Å². The van der Waals surface area contributed by atoms with Crippen molar-refractivity contribution in [3.63, 3.8) is 0 Å². The second-order valence-corrected chi connectivity index (χ2v) is 4.10. The fourth-order valence-corrected chi connectivity index (χ4v) is 1.66. The highest BCUT2D eigenvalue weighted by molar-refractivity contribution is 5.90. The summed E-state index contributed by atoms with van der Waals surface area (Å²) in [7, 11) is 1.26. The van der Waals surface area contributed by atoms with E-state index in [9.17, 15) is 9.18 Å². The summed E-state index contributed by atoms with van der Waals surface area (Å²) in [4.78, 5) is 11.4. The van der Waals surface area contributed by atoms with Gasteiger partial charge in [0.2, 0.25) is 0 Å². The quantitative estimate of drug-likeness (QED) is 0.692. The van der Waals surface area contributed by atoms with Gasteiger partial charge in [0, 0.05) is 0 Å². The summed E-state index contributed by atoms with van der Waals surface area (Å²) in [5.74, 6) is -1.07. The van der Waals surface area contributed by atoms with E-state index >= 15 is 0 Å². The molecule has 0 bridgehead atoms. The molecule has 0 saturated carbocycles. The number of rotatable bonds is 3. The lowest BCUT2D eigenvalue weighted by Crippen LogP contribution is -2.03. The summed E-state index contributed by atoms with van der Waals surface area (Å²) in [5, 5.41) is 8.67. The molecular weight excluding hydrogens is 275 g/mol. The summed E-state index contributed by atoms with van der Waals surface area (Å²) in [5.41, 5.74) is 6.38. The molecular formula is C15H11FN2O3. The van der Waals surface area contributed by atoms with Crippen molar-refractivity contribution in [3.8, 4) is 17.6 Å². The van der Waals surface area contributed by atoms with Gasteiger partial charge in [-0.15, -0.1) is 0 Å². The molecule has 0 aliphatic rings. The predicted octanol–water partition coefficient (Wildman–Crippen LogP) is 2.86. The first-order chi connectivity index (χ1) is 10.0. The number of anilines is 1. The molecule has 0 fully saturated rings. The molecule has 0 saturated heterocycles. The average Bonchev–Trinajstić information content (AvgIpc) is 2.50. The van der Waals surface area contributed by atoms with Crippen molar-refractivity contribution in [1.82, 2.24) is 0 Å². The molecule has 2 aromatic rings. The summed E-state index contributed by atoms with van der Waals surface area (Å²) >= 11 is 0. The van der Waals surface area contributed by atoms with Crippen LogP contribution in [0.2, 0.25) is 0 Å². The SMILES string of the molecule is COC(=O)c1ccc(Oc2ccc(C#N)cc2F)c(N)c1. The van der Waals surface area contributed by atoms with Gasteiger partial charge in [0.1, 0.15) is 0 Å². The third-order valence-electron chi connectivity index (χ3n) is 2.71. The van der Waals surface area contributed by atoms with E-state index in [0.29, 0.717) is 0 Å². The van der Waals surface area contributed by atoms with E-state index in [2.05, 4.69) is 4.74 Å². The Morgan fingerprint density at radius 3 is 2.52 bits per heavy atom. The zero-order valence-electron chi connectivity index (χ0n) is 11.1. The van der Waals surface area contributed by atoms with Crippen molar-refractivity contribution in [3.05, 3.63) is 53.3 Å². The van der Waals surface area contributed by atoms with E-state index in [1.807, 2.05) is 6.07 Å². The van der Waals surface area contributed by atoms with Crippen molar-refractivity contribution in [2.45, 2.75) is 0 Å². The molecule has 106 valence electrons. The van der Waals surface area contributed by atoms with Gasteiger partial charge in [-0.3, -0.25) is 0 Å². The fraction of sp³-hybridized carbons (Fsp3) is 0.0667. The Morgan fingerprint density at radius 2 is 1.95 bits per heavy atom. The summed E-state index contributed by atoms with van der Waals surface area (Å²) in [6, 6.07) is 9.93. The number of ether oxygens (including phenoxy) is 2. The number of carbonyl (C=O) groups is 1. The number of methoxy groups -OCH3 is 1. The molecule has 0 atom stereocenters. The Balaban J connectivity index is 2.28. The Kier molecular flexibility index (Phi) is 4.05. The van der Waals surface area contributed by atoms with Gasteiger partial charge in [-0.05, 0) is 36.4 Å². The van der Waals surface area contributed by atoms with Gasteiger partial charge in [-0.1, -0.05) is 0 Å². The number of hydrogen-bond acceptors (Lipinski definition) is 5. The minimum absolute atomic E-state index is 0.0634. The van der Waals surface area contributed by atoms with Crippen LogP contribution in [0.3, 0.4) is 0 Å². The van der Waals surface area contributed by atoms with Crippen LogP contribution in [0.15, 0.2) is 36.4 Å². The van der Waals surface area contributed by atoms with Crippen molar-refractivity contribution in [2.75, 3.05) is 12.8 Å². The van der Waals surface area contributed by atoms with E-state index in [1.54, 1.807) is 0 Å². The number of nitrogens with two attached hydrogens (primary N) is 1. The first-order valence-electron chi connectivity index (χ1n) is 5.90. The number of nitrogens with zero attached hydrogens (tertiary/aromatic N) is 1. The first kappa shape index (κ1) is 14.3. The van der Waals surface area contributed by atoms with Crippen LogP contribution < -0.4 is 10.5 Å². The monoisotopic (exact) mass is 286 g/mol. The average molecular weight is 286 g/mol. The van der Waals surface area contributed by atoms with Crippen LogP contribution in [0.4, 0.5) is 10.1 Å². The number of nitrogen functional groups attached to an aromatic ring is 1. The lowest BCUT2D eigenvalue weighted by Gasteiger charge is -2.10. The molecule has 0 spiro atoms. The third kappa shape index (κ3) is 3.09. The Labute approximate surface area is 120 Å². The van der Waals surface area contributed by atoms with Gasteiger partial charge in [0.25, 0.3) is 0 Å². The van der Waals surface area contributed by atoms with Crippen LogP contribution in [0.1, 0.15) is 15.9 Å². The molecule has 21 heavy (non-hydrogen) atoms. The smallest absolute Gasteiger partial charge is 0.337 e. The molecule has 0 heterocycles. The minimum Gasteiger partial charge on any atom is -0.465 e. The molecule has 6 heteroatoms. The van der Waals surface area contributed by atoms with Crippen molar-refractivity contribution in [2.24, 2.45) is 0 Å². The van der Waals surface area contributed by atoms with Crippen molar-refractivity contribution >= 4 is 11.7 Å². The van der Waals surface area contributed by atoms with Gasteiger partial charge in [0.05, 0.1) is 30.0 Å². The van der Waals surface area contributed by atoms with E-state index in [0.717, 1.165) is 6.07 Å². The molecule has 0 aromatic heterocycles. The second kappa shape index (κ2) is 5.92. The van der Waals surface area contributed by atoms with Crippen LogP contribution in [0.25, 0.3) is 0 Å². The number of hydrogen-bond donors (Lipinski definition) is 1. The highest BCUT2D eigenvalue weighted by Crippen LogP contribution is 2.30. The predicted molar refractivity (Wildman–Crippen MR) is 73.4 cm³/mol. The topological polar surface area (TPSA) is 85.3 Å². The first-order valence-corrected chi connectivity index (χ1v) is 5.90. The lowest BCUT2D eigenvalue weighted by molar-refractivity contribution is 0.0601. The Bertz CT molecular complexity index is 738. The number of nitriles is 1. The zero-order valence-corrected chi connectivity index (χ0v) is 11.1. The largest absolute Gasteiger partial charge is 0.465 e. The normalized spacial score (nSPS) is 9.76. The maximum atomic E-state index is 13.7. The van der Waals surface area contributed by atoms with Crippen LogP contribution in [-0.2, 0) is 4.74 Å². The molecule has 2 aromatic carbocycles. The van der Waals surface area contributed by atoms with E-state index < -0.39 is 11.8 Å². The number of benzene rings is 2. The van der Waals surface area contributed by atoms with Gasteiger partial charge in [-0.25, -0.2) is 9.18 Å². The standard InChI is InChI=1S/C15H11FN2O3/c1-20-15(19)10-3-5-14(12(18)7-10)21-13-4-2-9(8-17)6-11(13)16/h2-7H,18H2,1H3. The number of halogens is 1. The molecule has 0 aliphatic heterocycles. The summed E-state index contributed by atoms with van der Waals surface area (Å²) < 4.78 is 23.6. The van der Waals surface area contributed by atoms with Gasteiger partial charge >= 0.3 is 5.97 Å². The maximum Gasteiger partial charge on any atom is 0.337 e. The fourth-order valence-electron chi connectivity index (χ4n) is 1.66. The summed E-state index contributed by atoms with van der Waals surface area (Å²) in [6.07, 6.45) is 0. The van der Waals surface area contributed by atoms with Crippen LogP contribution in [0.5, 0.6) is 11.5 Å². The molecule has 2 N–H and O–H groups in total. The highest BCUT2D eigenvalue weighted by atomic mass is 19.1. The third-order valence-corrected chi connectivity index (χ3v) is 2.71. The van der Waals surface area contributed by atoms with Gasteiger partial charge < -0.3 is 15.2 Å². The van der Waals surface area contributed by atoms with Gasteiger partial charge in [0.15, 0.2) is 17.3 Å². The molecule has 0 aliphatic carbocycles. The maximum absolute atomic E-state index is 13.7. The molecule has 0 unspecified atom stereocenters. The highest BCUT2D eigenvalue weighted by Gasteiger charge is 2.11. The van der Waals surface area contributed by atoms with Crippen LogP contribution in [0, 0.1) is 17.1 Å². The zero-order chi connectivity index (χ0) is 15.4. The van der Waals surface area contributed by atoms with E-state index in [4.69, 9.17) is 15.7 Å². The van der Waals surface area contributed by atoms with Crippen molar-refractivity contribution < 1.29 is 18.7 Å². The minimum atomic E-state index is -0.675. The van der Waals surface area contributed by atoms with E-state index in [-0.39, 0.29) is 28.3 Å². The van der Waals surface area contributed by atoms with E-state index in [1.165, 1.54) is 37.4 Å². The second-order valence-electron chi connectivity index (χ2n) is 4.10. The number of carbonyl (C=O) groups excluding carboxylic acids is 1. The van der Waals surface area contributed by atoms with Crippen LogP contribution in [-0.4, -0.2) is 13.1 Å². The Morgan fingerprint density at radius 1 is 1.24 bits per heavy atom. The van der Waals surface area contributed by atoms with Crippen molar-refractivity contribution in [1.29, 1.82) is 5.26 Å².